The van der Waals surface area contributed by atoms with Gasteiger partial charge in [-0.25, -0.2) is 4.98 Å². The Labute approximate surface area is 172 Å². The van der Waals surface area contributed by atoms with E-state index in [0.29, 0.717) is 12.1 Å². The van der Waals surface area contributed by atoms with Gasteiger partial charge in [-0.05, 0) is 48.9 Å². The predicted molar refractivity (Wildman–Crippen MR) is 115 cm³/mol. The van der Waals surface area contributed by atoms with Crippen LogP contribution in [0.4, 0.5) is 0 Å². The molecule has 0 radical (unpaired) electrons. The molecule has 0 aliphatic rings. The Morgan fingerprint density at radius 1 is 1.04 bits per heavy atom. The van der Waals surface area contributed by atoms with Crippen molar-refractivity contribution in [3.8, 4) is 0 Å². The molecule has 4 aromatic rings. The molecule has 28 heavy (non-hydrogen) atoms. The molecule has 0 saturated heterocycles. The lowest BCUT2D eigenvalue weighted by Gasteiger charge is -2.17. The first kappa shape index (κ1) is 18.4. The Hall–Kier alpha value is -2.92. The summed E-state index contributed by atoms with van der Waals surface area (Å²) in [4.78, 5) is 17.4. The van der Waals surface area contributed by atoms with Crippen LogP contribution < -0.4 is 5.32 Å². The molecule has 0 aliphatic heterocycles. The molecule has 4 rings (SSSR count). The van der Waals surface area contributed by atoms with Gasteiger partial charge in [0.2, 0.25) is 0 Å². The van der Waals surface area contributed by atoms with Gasteiger partial charge in [-0.3, -0.25) is 4.79 Å². The fourth-order valence-electron chi connectivity index (χ4n) is 3.34. The van der Waals surface area contributed by atoms with E-state index in [0.717, 1.165) is 21.3 Å². The van der Waals surface area contributed by atoms with E-state index < -0.39 is 0 Å². The summed E-state index contributed by atoms with van der Waals surface area (Å²) in [6, 6.07) is 25.3. The maximum atomic E-state index is 12.6. The number of aromatic nitrogens is 2. The van der Waals surface area contributed by atoms with E-state index >= 15 is 0 Å². The zero-order valence-corrected chi connectivity index (χ0v) is 17.1. The van der Waals surface area contributed by atoms with E-state index in [9.17, 15) is 4.79 Å². The fraction of sp³-hybridized carbons (Fsp3) is 0.130. The summed E-state index contributed by atoms with van der Waals surface area (Å²) in [6.07, 6.45) is 0. The number of para-hydroxylation sites is 2. The normalized spacial score (nSPS) is 12.1. The highest BCUT2D eigenvalue weighted by atomic mass is 79.9. The number of nitrogens with zero attached hydrogens (tertiary/aromatic N) is 2. The van der Waals surface area contributed by atoms with Gasteiger partial charge in [-0.15, -0.1) is 0 Å². The number of hydrogen-bond acceptors (Lipinski definition) is 2. The number of amides is 1. The van der Waals surface area contributed by atoms with Gasteiger partial charge in [0, 0.05) is 16.6 Å². The van der Waals surface area contributed by atoms with Gasteiger partial charge < -0.3 is 9.88 Å². The van der Waals surface area contributed by atoms with Gasteiger partial charge in [0.1, 0.15) is 5.82 Å². The van der Waals surface area contributed by atoms with Crippen molar-refractivity contribution in [1.82, 2.24) is 14.9 Å². The molecule has 1 N–H and O–H groups in total. The van der Waals surface area contributed by atoms with Crippen molar-refractivity contribution in [2.24, 2.45) is 0 Å². The molecule has 0 fully saturated rings. The lowest BCUT2D eigenvalue weighted by atomic mass is 10.2. The largest absolute Gasteiger partial charge is 0.342 e. The first-order chi connectivity index (χ1) is 13.6. The van der Waals surface area contributed by atoms with E-state index in [4.69, 9.17) is 4.98 Å². The minimum Gasteiger partial charge on any atom is -0.342 e. The number of benzene rings is 3. The van der Waals surface area contributed by atoms with Crippen LogP contribution in [0, 0.1) is 0 Å². The van der Waals surface area contributed by atoms with Gasteiger partial charge in [0.05, 0.1) is 17.1 Å². The molecule has 3 aromatic carbocycles. The van der Waals surface area contributed by atoms with Crippen molar-refractivity contribution in [2.45, 2.75) is 19.5 Å². The average molecular weight is 434 g/mol. The smallest absolute Gasteiger partial charge is 0.251 e. The molecular formula is C23H20BrN3O. The Bertz CT molecular complexity index is 1120. The van der Waals surface area contributed by atoms with Gasteiger partial charge in [-0.1, -0.05) is 58.4 Å². The second kappa shape index (κ2) is 7.98. The van der Waals surface area contributed by atoms with Crippen LogP contribution >= 0.6 is 15.9 Å². The van der Waals surface area contributed by atoms with Crippen LogP contribution in [-0.4, -0.2) is 15.5 Å². The Balaban J connectivity index is 1.68. The maximum absolute atomic E-state index is 12.6. The lowest BCUT2D eigenvalue weighted by Crippen LogP contribution is -2.28. The zero-order valence-electron chi connectivity index (χ0n) is 15.5. The number of hydrogen-bond donors (Lipinski definition) is 1. The second-order valence-electron chi connectivity index (χ2n) is 6.74. The average Bonchev–Trinajstić information content (AvgIpc) is 3.07. The highest BCUT2D eigenvalue weighted by molar-refractivity contribution is 9.10. The first-order valence-electron chi connectivity index (χ1n) is 9.17. The summed E-state index contributed by atoms with van der Waals surface area (Å²) in [5.74, 6) is 0.736. The third kappa shape index (κ3) is 3.85. The van der Waals surface area contributed by atoms with Crippen LogP contribution in [0.2, 0.25) is 0 Å². The minimum absolute atomic E-state index is 0.103. The van der Waals surface area contributed by atoms with E-state index in [-0.39, 0.29) is 11.9 Å². The van der Waals surface area contributed by atoms with E-state index in [1.165, 1.54) is 5.56 Å². The van der Waals surface area contributed by atoms with Crippen LogP contribution in [0.1, 0.15) is 34.7 Å². The molecule has 1 aromatic heterocycles. The van der Waals surface area contributed by atoms with Crippen LogP contribution in [0.25, 0.3) is 11.0 Å². The van der Waals surface area contributed by atoms with Gasteiger partial charge in [-0.2, -0.15) is 0 Å². The quantitative estimate of drug-likeness (QED) is 0.461. The van der Waals surface area contributed by atoms with Crippen molar-refractivity contribution in [1.29, 1.82) is 0 Å². The van der Waals surface area contributed by atoms with Gasteiger partial charge in [0.15, 0.2) is 0 Å². The first-order valence-corrected chi connectivity index (χ1v) is 9.96. The highest BCUT2D eigenvalue weighted by Crippen LogP contribution is 2.23. The third-order valence-corrected chi connectivity index (χ3v) is 5.18. The van der Waals surface area contributed by atoms with Crippen LogP contribution in [0.15, 0.2) is 83.3 Å². The van der Waals surface area contributed by atoms with Crippen molar-refractivity contribution in [2.75, 3.05) is 0 Å². The number of fused-ring (bicyclic) bond motifs is 1. The summed E-state index contributed by atoms with van der Waals surface area (Å²) in [5.41, 5.74) is 3.79. The summed E-state index contributed by atoms with van der Waals surface area (Å²) in [7, 11) is 0. The monoisotopic (exact) mass is 433 g/mol. The molecule has 1 amide bonds. The molecule has 1 unspecified atom stereocenters. The summed E-state index contributed by atoms with van der Waals surface area (Å²) >= 11 is 3.54. The topological polar surface area (TPSA) is 46.9 Å². The van der Waals surface area contributed by atoms with Gasteiger partial charge >= 0.3 is 0 Å². The molecule has 0 spiro atoms. The zero-order chi connectivity index (χ0) is 19.5. The Kier molecular flexibility index (Phi) is 5.26. The summed E-state index contributed by atoms with van der Waals surface area (Å²) in [6.45, 7) is 2.65. The van der Waals surface area contributed by atoms with E-state index in [1.807, 2.05) is 67.6 Å². The molecule has 5 heteroatoms. The molecule has 1 heterocycles. The highest BCUT2D eigenvalue weighted by Gasteiger charge is 2.19. The molecule has 0 aliphatic carbocycles. The fourth-order valence-corrected chi connectivity index (χ4v) is 3.79. The molecule has 1 atom stereocenters. The lowest BCUT2D eigenvalue weighted by molar-refractivity contribution is 0.0938. The van der Waals surface area contributed by atoms with E-state index in [1.54, 1.807) is 0 Å². The molecule has 0 saturated carbocycles. The molecular weight excluding hydrogens is 414 g/mol. The van der Waals surface area contributed by atoms with Crippen molar-refractivity contribution < 1.29 is 4.79 Å². The van der Waals surface area contributed by atoms with Crippen molar-refractivity contribution in [3.63, 3.8) is 0 Å². The third-order valence-electron chi connectivity index (χ3n) is 4.68. The standard InChI is InChI=1S/C23H20BrN3O/c1-16(25-23(28)18-9-3-2-4-10-18)22-26-20-12-5-6-13-21(20)27(22)15-17-8-7-11-19(24)14-17/h2-14,16H,15H2,1H3,(H,25,28). The predicted octanol–water partition coefficient (Wildman–Crippen LogP) is 5.34. The van der Waals surface area contributed by atoms with E-state index in [2.05, 4.69) is 44.0 Å². The SMILES string of the molecule is CC(NC(=O)c1ccccc1)c1nc2ccccc2n1Cc1cccc(Br)c1. The number of imidazole rings is 1. The number of rotatable bonds is 5. The van der Waals surface area contributed by atoms with Gasteiger partial charge in [0.25, 0.3) is 5.91 Å². The number of carbonyl (C=O) groups is 1. The Morgan fingerprint density at radius 2 is 1.79 bits per heavy atom. The van der Waals surface area contributed by atoms with Crippen LogP contribution in [0.5, 0.6) is 0 Å². The number of halogens is 1. The summed E-state index contributed by atoms with van der Waals surface area (Å²) in [5, 5.41) is 3.08. The second-order valence-corrected chi connectivity index (χ2v) is 7.65. The number of nitrogens with one attached hydrogen (secondary N) is 1. The maximum Gasteiger partial charge on any atom is 0.251 e. The van der Waals surface area contributed by atoms with Crippen molar-refractivity contribution >= 4 is 32.9 Å². The Morgan fingerprint density at radius 3 is 2.57 bits per heavy atom. The molecule has 140 valence electrons. The molecule has 4 nitrogen and oxygen atoms in total. The molecule has 0 bridgehead atoms. The number of carbonyl (C=O) groups excluding carboxylic acids is 1. The summed E-state index contributed by atoms with van der Waals surface area (Å²) < 4.78 is 3.22. The van der Waals surface area contributed by atoms with Crippen LogP contribution in [0.3, 0.4) is 0 Å². The minimum atomic E-state index is -0.229. The van der Waals surface area contributed by atoms with Crippen molar-refractivity contribution in [3.05, 3.63) is 100 Å². The van der Waals surface area contributed by atoms with Crippen LogP contribution in [-0.2, 0) is 6.54 Å².